The summed E-state index contributed by atoms with van der Waals surface area (Å²) in [4.78, 5) is 22.2. The molecule has 0 fully saturated rings. The number of phenols is 1. The predicted molar refractivity (Wildman–Crippen MR) is 63.4 cm³/mol. The van der Waals surface area contributed by atoms with Crippen molar-refractivity contribution in [3.05, 3.63) is 29.3 Å². The predicted octanol–water partition coefficient (Wildman–Crippen LogP) is 1.48. The molecule has 0 heterocycles. The fourth-order valence-electron chi connectivity index (χ4n) is 1.33. The molecule has 0 amide bonds. The second kappa shape index (κ2) is 5.79. The van der Waals surface area contributed by atoms with Crippen molar-refractivity contribution in [2.24, 2.45) is 0 Å². The van der Waals surface area contributed by atoms with Gasteiger partial charge in [0, 0.05) is 17.3 Å². The zero-order valence-corrected chi connectivity index (χ0v) is 10.3. The van der Waals surface area contributed by atoms with Gasteiger partial charge in [0.15, 0.2) is 11.9 Å². The van der Waals surface area contributed by atoms with Gasteiger partial charge >= 0.3 is 5.97 Å². The molecule has 0 spiro atoms. The quantitative estimate of drug-likeness (QED) is 0.566. The number of carboxylic acid groups (broad SMARTS) is 1. The molecule has 92 valence electrons. The normalized spacial score (nSPS) is 12.1. The molecule has 0 aromatic heterocycles. The molecule has 0 aliphatic carbocycles. The van der Waals surface area contributed by atoms with Gasteiger partial charge in [-0.25, -0.2) is 4.79 Å². The molecular formula is C11H11BrO5. The summed E-state index contributed by atoms with van der Waals surface area (Å²) in [5, 5.41) is 27.8. The van der Waals surface area contributed by atoms with E-state index in [1.54, 1.807) is 0 Å². The number of hydrogen-bond acceptors (Lipinski definition) is 4. The highest BCUT2D eigenvalue weighted by Crippen LogP contribution is 2.22. The highest BCUT2D eigenvalue weighted by molar-refractivity contribution is 9.09. The fraction of sp³-hybridized carbons (Fsp3) is 0.273. The third-order valence-corrected chi connectivity index (χ3v) is 2.53. The van der Waals surface area contributed by atoms with E-state index < -0.39 is 12.1 Å². The largest absolute Gasteiger partial charge is 0.508 e. The van der Waals surface area contributed by atoms with E-state index in [1.165, 1.54) is 12.1 Å². The van der Waals surface area contributed by atoms with E-state index in [9.17, 15) is 19.8 Å². The number of carbonyl (C=O) groups is 2. The van der Waals surface area contributed by atoms with Crippen LogP contribution in [-0.2, 0) is 4.79 Å². The van der Waals surface area contributed by atoms with Crippen LogP contribution >= 0.6 is 15.9 Å². The van der Waals surface area contributed by atoms with Crippen molar-refractivity contribution in [3.63, 3.8) is 0 Å². The summed E-state index contributed by atoms with van der Waals surface area (Å²) in [5.74, 6) is -1.92. The number of hydrogen-bond donors (Lipinski definition) is 3. The van der Waals surface area contributed by atoms with Crippen LogP contribution in [0, 0.1) is 0 Å². The molecule has 6 heteroatoms. The maximum Gasteiger partial charge on any atom is 0.337 e. The first-order chi connectivity index (χ1) is 7.95. The molecule has 1 unspecified atom stereocenters. The molecule has 1 rings (SSSR count). The second-order valence-electron chi connectivity index (χ2n) is 3.42. The van der Waals surface area contributed by atoms with Crippen molar-refractivity contribution in [3.8, 4) is 5.75 Å². The van der Waals surface area contributed by atoms with Crippen LogP contribution < -0.4 is 0 Å². The first kappa shape index (κ1) is 13.7. The fourth-order valence-corrected chi connectivity index (χ4v) is 1.69. The van der Waals surface area contributed by atoms with Gasteiger partial charge in [0.1, 0.15) is 5.75 Å². The number of aliphatic hydroxyl groups is 1. The molecule has 17 heavy (non-hydrogen) atoms. The average Bonchev–Trinajstić information content (AvgIpc) is 2.27. The van der Waals surface area contributed by atoms with E-state index in [2.05, 4.69) is 15.9 Å². The number of Topliss-reactive ketones (excluding diaryl/α,β-unsaturated/α-hetero) is 1. The number of carbonyl (C=O) groups excluding carboxylic acids is 1. The number of aromatic hydroxyl groups is 1. The molecule has 1 aromatic rings. The number of phenolic OH excluding ortho intramolecular Hbond substituents is 1. The number of ketones is 1. The Morgan fingerprint density at radius 2 is 1.94 bits per heavy atom. The number of benzene rings is 1. The Morgan fingerprint density at radius 3 is 2.47 bits per heavy atom. The van der Waals surface area contributed by atoms with E-state index in [1.807, 2.05) is 0 Å². The maximum atomic E-state index is 11.6. The Balaban J connectivity index is 3.10. The van der Waals surface area contributed by atoms with Gasteiger partial charge in [-0.2, -0.15) is 0 Å². The van der Waals surface area contributed by atoms with Crippen LogP contribution in [0.1, 0.15) is 28.4 Å². The number of carboxylic acids is 1. The molecule has 0 bridgehead atoms. The topological polar surface area (TPSA) is 94.8 Å². The Labute approximate surface area is 106 Å². The Bertz CT molecular complexity index is 443. The lowest BCUT2D eigenvalue weighted by Gasteiger charge is -2.08. The first-order valence-corrected chi connectivity index (χ1v) is 5.92. The summed E-state index contributed by atoms with van der Waals surface area (Å²) in [6.45, 7) is 0. The van der Waals surface area contributed by atoms with E-state index in [0.29, 0.717) is 5.33 Å². The zero-order chi connectivity index (χ0) is 13.0. The van der Waals surface area contributed by atoms with Crippen LogP contribution in [0.2, 0.25) is 0 Å². The average molecular weight is 303 g/mol. The lowest BCUT2D eigenvalue weighted by atomic mass is 10.0. The molecule has 0 radical (unpaired) electrons. The summed E-state index contributed by atoms with van der Waals surface area (Å²) in [5.41, 5.74) is 0.162. The van der Waals surface area contributed by atoms with Crippen molar-refractivity contribution < 1.29 is 24.9 Å². The van der Waals surface area contributed by atoms with Gasteiger partial charge in [-0.3, -0.25) is 4.79 Å². The lowest BCUT2D eigenvalue weighted by molar-refractivity contribution is -0.146. The first-order valence-electron chi connectivity index (χ1n) is 4.79. The van der Waals surface area contributed by atoms with Crippen LogP contribution in [0.25, 0.3) is 0 Å². The van der Waals surface area contributed by atoms with E-state index in [-0.39, 0.29) is 29.1 Å². The van der Waals surface area contributed by atoms with Crippen LogP contribution in [0.3, 0.4) is 0 Å². The number of halogens is 1. The van der Waals surface area contributed by atoms with Gasteiger partial charge in [0.25, 0.3) is 0 Å². The molecule has 5 nitrogen and oxygen atoms in total. The smallest absolute Gasteiger partial charge is 0.337 e. The Kier molecular flexibility index (Phi) is 4.65. The second-order valence-corrected chi connectivity index (χ2v) is 4.21. The third-order valence-electron chi connectivity index (χ3n) is 2.13. The summed E-state index contributed by atoms with van der Waals surface area (Å²) in [7, 11) is 0. The van der Waals surface area contributed by atoms with Crippen LogP contribution in [0.5, 0.6) is 5.75 Å². The Morgan fingerprint density at radius 1 is 1.29 bits per heavy atom. The van der Waals surface area contributed by atoms with Crippen LogP contribution in [0.15, 0.2) is 18.2 Å². The van der Waals surface area contributed by atoms with Gasteiger partial charge in [0.2, 0.25) is 0 Å². The number of aliphatic hydroxyl groups excluding tert-OH is 1. The molecular weight excluding hydrogens is 292 g/mol. The maximum absolute atomic E-state index is 11.6. The Hall–Kier alpha value is -1.40. The van der Waals surface area contributed by atoms with E-state index >= 15 is 0 Å². The summed E-state index contributed by atoms with van der Waals surface area (Å²) >= 11 is 3.11. The highest BCUT2D eigenvalue weighted by Gasteiger charge is 2.18. The van der Waals surface area contributed by atoms with Crippen molar-refractivity contribution in [1.29, 1.82) is 0 Å². The molecule has 1 aromatic carbocycles. The minimum absolute atomic E-state index is 0.0181. The highest BCUT2D eigenvalue weighted by atomic mass is 79.9. The monoisotopic (exact) mass is 302 g/mol. The minimum atomic E-state index is -1.75. The molecule has 0 saturated carbocycles. The van der Waals surface area contributed by atoms with Crippen LogP contribution in [0.4, 0.5) is 0 Å². The molecule has 0 aliphatic rings. The van der Waals surface area contributed by atoms with Gasteiger partial charge in [-0.05, 0) is 23.8 Å². The zero-order valence-electron chi connectivity index (χ0n) is 8.76. The SMILES string of the molecule is O=C(CCBr)c1cc(O)cc(C(O)C(=O)O)c1. The van der Waals surface area contributed by atoms with E-state index in [4.69, 9.17) is 5.11 Å². The molecule has 3 N–H and O–H groups in total. The van der Waals surface area contributed by atoms with Gasteiger partial charge in [-0.15, -0.1) is 0 Å². The van der Waals surface area contributed by atoms with Crippen molar-refractivity contribution in [2.45, 2.75) is 12.5 Å². The number of aliphatic carboxylic acids is 1. The van der Waals surface area contributed by atoms with Crippen molar-refractivity contribution >= 4 is 27.7 Å². The minimum Gasteiger partial charge on any atom is -0.508 e. The van der Waals surface area contributed by atoms with Crippen molar-refractivity contribution in [1.82, 2.24) is 0 Å². The van der Waals surface area contributed by atoms with Crippen molar-refractivity contribution in [2.75, 3.05) is 5.33 Å². The van der Waals surface area contributed by atoms with Crippen LogP contribution in [-0.4, -0.2) is 32.4 Å². The van der Waals surface area contributed by atoms with Gasteiger partial charge < -0.3 is 15.3 Å². The standard InChI is InChI=1S/C11H11BrO5/c12-2-1-9(14)6-3-7(5-8(13)4-6)10(15)11(16)17/h3-5,10,13,15H,1-2H2,(H,16,17). The molecule has 0 aliphatic heterocycles. The molecule has 0 saturated heterocycles. The number of alkyl halides is 1. The summed E-state index contributed by atoms with van der Waals surface area (Å²) < 4.78 is 0. The lowest BCUT2D eigenvalue weighted by Crippen LogP contribution is -2.11. The third kappa shape index (κ3) is 3.54. The summed E-state index contributed by atoms with van der Waals surface area (Å²) in [6.07, 6.45) is -1.52. The van der Waals surface area contributed by atoms with Gasteiger partial charge in [0.05, 0.1) is 0 Å². The van der Waals surface area contributed by atoms with Gasteiger partial charge in [-0.1, -0.05) is 15.9 Å². The summed E-state index contributed by atoms with van der Waals surface area (Å²) in [6, 6.07) is 3.62. The van der Waals surface area contributed by atoms with E-state index in [0.717, 1.165) is 6.07 Å². The number of rotatable bonds is 5. The molecule has 1 atom stereocenters.